The molecule has 0 fully saturated rings. The molecule has 0 saturated heterocycles. The second kappa shape index (κ2) is 4.97. The number of H-pyrrole nitrogens is 2. The van der Waals surface area contributed by atoms with Crippen molar-refractivity contribution in [3.05, 3.63) is 57.4 Å². The summed E-state index contributed by atoms with van der Waals surface area (Å²) in [6, 6.07) is 11.1. The molecule has 0 aliphatic rings. The van der Waals surface area contributed by atoms with E-state index in [2.05, 4.69) is 31.1 Å². The number of nitrogens with one attached hydrogen (secondary N) is 2. The molecule has 0 aliphatic heterocycles. The Kier molecular flexibility index (Phi) is 3.15. The summed E-state index contributed by atoms with van der Waals surface area (Å²) in [4.78, 5) is 14.0. The van der Waals surface area contributed by atoms with Crippen LogP contribution in [0, 0.1) is 0 Å². The van der Waals surface area contributed by atoms with E-state index in [0.29, 0.717) is 5.82 Å². The Hall–Kier alpha value is -2.34. The van der Waals surface area contributed by atoms with Gasteiger partial charge in [-0.05, 0) is 23.8 Å². The lowest BCUT2D eigenvalue weighted by Gasteiger charge is -2.05. The van der Waals surface area contributed by atoms with Gasteiger partial charge in [0.05, 0.1) is 11.3 Å². The molecule has 0 unspecified atom stereocenters. The highest BCUT2D eigenvalue weighted by atomic mass is 79.9. The van der Waals surface area contributed by atoms with Crippen LogP contribution in [0.4, 0.5) is 5.82 Å². The van der Waals surface area contributed by atoms with E-state index in [1.54, 1.807) is 12.3 Å². The van der Waals surface area contributed by atoms with Gasteiger partial charge in [0.2, 0.25) is 5.56 Å². The molecule has 3 aromatic rings. The van der Waals surface area contributed by atoms with Crippen molar-refractivity contribution < 1.29 is 0 Å². The van der Waals surface area contributed by atoms with Crippen LogP contribution in [0.3, 0.4) is 0 Å². The first-order chi connectivity index (χ1) is 9.65. The lowest BCUT2D eigenvalue weighted by molar-refractivity contribution is 1.10. The normalized spacial score (nSPS) is 10.7. The van der Waals surface area contributed by atoms with Crippen molar-refractivity contribution in [1.29, 1.82) is 0 Å². The van der Waals surface area contributed by atoms with E-state index in [-0.39, 0.29) is 5.56 Å². The molecule has 2 aromatic heterocycles. The second-order valence-corrected chi connectivity index (χ2v) is 5.23. The summed E-state index contributed by atoms with van der Waals surface area (Å²) in [6.45, 7) is 0. The Bertz CT molecular complexity index is 822. The minimum atomic E-state index is -0.170. The van der Waals surface area contributed by atoms with Crippen LogP contribution in [0.15, 0.2) is 51.9 Å². The summed E-state index contributed by atoms with van der Waals surface area (Å²) in [6.07, 6.45) is 1.60. The van der Waals surface area contributed by atoms with Gasteiger partial charge in [0.25, 0.3) is 0 Å². The van der Waals surface area contributed by atoms with Crippen LogP contribution >= 0.6 is 15.9 Å². The van der Waals surface area contributed by atoms with Gasteiger partial charge >= 0.3 is 0 Å². The first-order valence-electron chi connectivity index (χ1n) is 5.94. The predicted molar refractivity (Wildman–Crippen MR) is 82.2 cm³/mol. The topological polar surface area (TPSA) is 87.6 Å². The Balaban J connectivity index is 2.22. The van der Waals surface area contributed by atoms with Crippen LogP contribution in [-0.2, 0) is 0 Å². The van der Waals surface area contributed by atoms with Crippen molar-refractivity contribution in [3.63, 3.8) is 0 Å². The number of aromatic amines is 2. The quantitative estimate of drug-likeness (QED) is 0.675. The van der Waals surface area contributed by atoms with E-state index in [1.165, 1.54) is 6.07 Å². The molecule has 2 heterocycles. The minimum absolute atomic E-state index is 0.170. The number of rotatable bonds is 2. The van der Waals surface area contributed by atoms with Crippen LogP contribution in [0.2, 0.25) is 0 Å². The third-order valence-corrected chi connectivity index (χ3v) is 3.46. The van der Waals surface area contributed by atoms with Gasteiger partial charge in [-0.3, -0.25) is 9.89 Å². The molecule has 0 amide bonds. The number of halogens is 1. The van der Waals surface area contributed by atoms with Crippen LogP contribution in [0.5, 0.6) is 0 Å². The Morgan fingerprint density at radius 3 is 2.75 bits per heavy atom. The smallest absolute Gasteiger partial charge is 0.248 e. The number of nitrogens with two attached hydrogens (primary N) is 1. The number of nitrogen functional groups attached to an aromatic ring is 1. The van der Waals surface area contributed by atoms with E-state index >= 15 is 0 Å². The monoisotopic (exact) mass is 330 g/mol. The van der Waals surface area contributed by atoms with Crippen LogP contribution in [-0.4, -0.2) is 15.2 Å². The fraction of sp³-hybridized carbons (Fsp3) is 0. The molecular formula is C14H11BrN4O. The van der Waals surface area contributed by atoms with E-state index in [1.807, 2.05) is 24.3 Å². The number of nitrogens with zero attached hydrogens (tertiary/aromatic N) is 1. The van der Waals surface area contributed by atoms with E-state index in [4.69, 9.17) is 5.73 Å². The maximum atomic E-state index is 11.4. The zero-order valence-corrected chi connectivity index (χ0v) is 11.9. The average Bonchev–Trinajstić information content (AvgIpc) is 2.80. The number of aromatic nitrogens is 3. The van der Waals surface area contributed by atoms with Crippen molar-refractivity contribution in [3.8, 4) is 22.4 Å². The highest BCUT2D eigenvalue weighted by Crippen LogP contribution is 2.34. The van der Waals surface area contributed by atoms with Crippen molar-refractivity contribution in [2.24, 2.45) is 0 Å². The minimum Gasteiger partial charge on any atom is -0.382 e. The van der Waals surface area contributed by atoms with Crippen LogP contribution in [0.1, 0.15) is 0 Å². The fourth-order valence-electron chi connectivity index (χ4n) is 2.10. The first-order valence-corrected chi connectivity index (χ1v) is 6.73. The molecular weight excluding hydrogens is 320 g/mol. The summed E-state index contributed by atoms with van der Waals surface area (Å²) in [7, 11) is 0. The van der Waals surface area contributed by atoms with Gasteiger partial charge in [0.15, 0.2) is 5.82 Å². The Labute approximate surface area is 123 Å². The zero-order chi connectivity index (χ0) is 14.1. The van der Waals surface area contributed by atoms with Crippen molar-refractivity contribution in [1.82, 2.24) is 15.2 Å². The van der Waals surface area contributed by atoms with Gasteiger partial charge < -0.3 is 10.7 Å². The van der Waals surface area contributed by atoms with E-state index < -0.39 is 0 Å². The Morgan fingerprint density at radius 2 is 2.00 bits per heavy atom. The molecule has 1 aromatic carbocycles. The zero-order valence-electron chi connectivity index (χ0n) is 10.4. The molecule has 4 N–H and O–H groups in total. The van der Waals surface area contributed by atoms with Crippen molar-refractivity contribution >= 4 is 21.7 Å². The van der Waals surface area contributed by atoms with Gasteiger partial charge in [-0.2, -0.15) is 5.10 Å². The average molecular weight is 331 g/mol. The molecule has 0 radical (unpaired) electrons. The number of anilines is 1. The molecule has 0 atom stereocenters. The predicted octanol–water partition coefficient (Wildman–Crippen LogP) is 2.78. The summed E-state index contributed by atoms with van der Waals surface area (Å²) in [5, 5.41) is 6.95. The molecule has 0 spiro atoms. The SMILES string of the molecule is Nc1n[nH]c(-c2cc[nH]c(=O)c2)c1-c1cccc(Br)c1. The lowest BCUT2D eigenvalue weighted by atomic mass is 10.0. The number of benzene rings is 1. The highest BCUT2D eigenvalue weighted by Gasteiger charge is 2.15. The summed E-state index contributed by atoms with van der Waals surface area (Å²) < 4.78 is 0.951. The summed E-state index contributed by atoms with van der Waals surface area (Å²) >= 11 is 3.44. The molecule has 0 bridgehead atoms. The van der Waals surface area contributed by atoms with Crippen LogP contribution < -0.4 is 11.3 Å². The summed E-state index contributed by atoms with van der Waals surface area (Å²) in [5.41, 5.74) is 8.98. The third kappa shape index (κ3) is 2.25. The van der Waals surface area contributed by atoms with Gasteiger partial charge in [-0.15, -0.1) is 0 Å². The van der Waals surface area contributed by atoms with Gasteiger partial charge in [-0.1, -0.05) is 28.1 Å². The van der Waals surface area contributed by atoms with Crippen molar-refractivity contribution in [2.75, 3.05) is 5.73 Å². The third-order valence-electron chi connectivity index (χ3n) is 2.97. The van der Waals surface area contributed by atoms with Gasteiger partial charge in [-0.25, -0.2) is 0 Å². The van der Waals surface area contributed by atoms with E-state index in [9.17, 15) is 4.79 Å². The van der Waals surface area contributed by atoms with Gasteiger partial charge in [0, 0.05) is 22.3 Å². The van der Waals surface area contributed by atoms with Crippen LogP contribution in [0.25, 0.3) is 22.4 Å². The maximum absolute atomic E-state index is 11.4. The fourth-order valence-corrected chi connectivity index (χ4v) is 2.50. The number of hydrogen-bond donors (Lipinski definition) is 3. The molecule has 6 heteroatoms. The Morgan fingerprint density at radius 1 is 1.15 bits per heavy atom. The standard InChI is InChI=1S/C14H11BrN4O/c15-10-3-1-2-8(6-10)12-13(18-19-14(12)16)9-4-5-17-11(20)7-9/h1-7H,(H,17,20)(H3,16,18,19). The number of hydrogen-bond acceptors (Lipinski definition) is 3. The lowest BCUT2D eigenvalue weighted by Crippen LogP contribution is -2.02. The summed E-state index contributed by atoms with van der Waals surface area (Å²) in [5.74, 6) is 0.401. The molecule has 0 aliphatic carbocycles. The van der Waals surface area contributed by atoms with Gasteiger partial charge in [0.1, 0.15) is 0 Å². The first kappa shape index (κ1) is 12.7. The molecule has 3 rings (SSSR count). The molecule has 5 nitrogen and oxygen atoms in total. The highest BCUT2D eigenvalue weighted by molar-refractivity contribution is 9.10. The van der Waals surface area contributed by atoms with Crippen molar-refractivity contribution in [2.45, 2.75) is 0 Å². The molecule has 0 saturated carbocycles. The largest absolute Gasteiger partial charge is 0.382 e. The maximum Gasteiger partial charge on any atom is 0.248 e. The molecule has 20 heavy (non-hydrogen) atoms. The van der Waals surface area contributed by atoms with E-state index in [0.717, 1.165) is 26.9 Å². The second-order valence-electron chi connectivity index (χ2n) is 4.31. The molecule has 100 valence electrons. The number of pyridine rings is 1.